The van der Waals surface area contributed by atoms with Gasteiger partial charge in [0, 0.05) is 16.5 Å². The SMILES string of the molecule is c1ccc(C2(c3ccc(-c4ccc5c(c4)C4(c6ccccc6-c6ccccc64)c4ccc6ccccc6c4O5)cc3)c3ccccc3-c3c2ccc2ccccc32)cc1. The number of ether oxygens (including phenoxy) is 1. The van der Waals surface area contributed by atoms with E-state index in [2.05, 4.69) is 218 Å². The maximum atomic E-state index is 7.04. The zero-order valence-electron chi connectivity index (χ0n) is 32.2. The fourth-order valence-corrected chi connectivity index (χ4v) is 11.2. The Morgan fingerprint density at radius 1 is 0.305 bits per heavy atom. The van der Waals surface area contributed by atoms with E-state index in [0.29, 0.717) is 0 Å². The molecule has 10 aromatic rings. The summed E-state index contributed by atoms with van der Waals surface area (Å²) in [4.78, 5) is 0. The molecule has 2 aliphatic carbocycles. The van der Waals surface area contributed by atoms with Crippen molar-refractivity contribution >= 4 is 21.5 Å². The second-order valence-corrected chi connectivity index (χ2v) is 16.3. The van der Waals surface area contributed by atoms with Crippen LogP contribution < -0.4 is 4.74 Å². The van der Waals surface area contributed by atoms with Crippen LogP contribution in [0, 0.1) is 0 Å². The number of fused-ring (bicyclic) bond motifs is 16. The summed E-state index contributed by atoms with van der Waals surface area (Å²) in [6.07, 6.45) is 0. The highest BCUT2D eigenvalue weighted by molar-refractivity contribution is 6.04. The second kappa shape index (κ2) is 12.0. The fraction of sp³-hybridized carbons (Fsp3) is 0.0345. The number of hydrogen-bond acceptors (Lipinski definition) is 1. The molecule has 0 bridgehead atoms. The Morgan fingerprint density at radius 2 is 0.831 bits per heavy atom. The van der Waals surface area contributed by atoms with Crippen molar-refractivity contribution in [1.82, 2.24) is 0 Å². The highest BCUT2D eigenvalue weighted by Crippen LogP contribution is 2.63. The molecular formula is C58H36O. The lowest BCUT2D eigenvalue weighted by atomic mass is 9.65. The first-order valence-electron chi connectivity index (χ1n) is 20.6. The smallest absolute Gasteiger partial charge is 0.140 e. The highest BCUT2D eigenvalue weighted by Gasteiger charge is 2.52. The molecule has 13 rings (SSSR count). The molecule has 0 aromatic heterocycles. The monoisotopic (exact) mass is 748 g/mol. The van der Waals surface area contributed by atoms with Crippen LogP contribution in [-0.4, -0.2) is 0 Å². The third-order valence-corrected chi connectivity index (χ3v) is 13.6. The molecule has 1 aliphatic heterocycles. The van der Waals surface area contributed by atoms with Gasteiger partial charge in [-0.2, -0.15) is 0 Å². The summed E-state index contributed by atoms with van der Waals surface area (Å²) < 4.78 is 7.04. The van der Waals surface area contributed by atoms with E-state index >= 15 is 0 Å². The van der Waals surface area contributed by atoms with Gasteiger partial charge in [-0.05, 0) is 95.1 Å². The molecule has 59 heavy (non-hydrogen) atoms. The van der Waals surface area contributed by atoms with Gasteiger partial charge in [0.25, 0.3) is 0 Å². The Labute approximate surface area is 343 Å². The minimum Gasteiger partial charge on any atom is -0.456 e. The van der Waals surface area contributed by atoms with Gasteiger partial charge < -0.3 is 4.74 Å². The Bertz CT molecular complexity index is 3310. The third kappa shape index (κ3) is 4.19. The summed E-state index contributed by atoms with van der Waals surface area (Å²) in [6, 6.07) is 81.0. The molecule has 1 heterocycles. The first-order chi connectivity index (χ1) is 29.3. The van der Waals surface area contributed by atoms with Crippen LogP contribution in [0.4, 0.5) is 0 Å². The van der Waals surface area contributed by atoms with Crippen LogP contribution in [0.1, 0.15) is 44.5 Å². The summed E-state index contributed by atoms with van der Waals surface area (Å²) in [5.74, 6) is 1.84. The number of benzene rings is 10. The topological polar surface area (TPSA) is 9.23 Å². The van der Waals surface area contributed by atoms with Crippen LogP contribution >= 0.6 is 0 Å². The molecule has 0 fully saturated rings. The molecule has 274 valence electrons. The zero-order chi connectivity index (χ0) is 38.7. The van der Waals surface area contributed by atoms with Crippen molar-refractivity contribution in [1.29, 1.82) is 0 Å². The lowest BCUT2D eigenvalue weighted by Crippen LogP contribution is -2.32. The van der Waals surface area contributed by atoms with Crippen LogP contribution in [0.2, 0.25) is 0 Å². The summed E-state index contributed by atoms with van der Waals surface area (Å²) in [6.45, 7) is 0. The average molecular weight is 749 g/mol. The van der Waals surface area contributed by atoms with E-state index in [1.54, 1.807) is 0 Å². The van der Waals surface area contributed by atoms with Crippen LogP contribution in [0.15, 0.2) is 218 Å². The Hall–Kier alpha value is -7.48. The van der Waals surface area contributed by atoms with Crippen LogP contribution in [0.25, 0.3) is 54.9 Å². The summed E-state index contributed by atoms with van der Waals surface area (Å²) in [5, 5.41) is 4.86. The Morgan fingerprint density at radius 3 is 1.54 bits per heavy atom. The van der Waals surface area contributed by atoms with Gasteiger partial charge in [-0.1, -0.05) is 206 Å². The predicted octanol–water partition coefficient (Wildman–Crippen LogP) is 14.5. The molecule has 1 nitrogen and oxygen atoms in total. The van der Waals surface area contributed by atoms with Gasteiger partial charge in [0.1, 0.15) is 11.5 Å². The Kier molecular flexibility index (Phi) is 6.64. The highest BCUT2D eigenvalue weighted by atomic mass is 16.5. The van der Waals surface area contributed by atoms with E-state index in [9.17, 15) is 0 Å². The van der Waals surface area contributed by atoms with Gasteiger partial charge in [-0.3, -0.25) is 0 Å². The molecule has 1 atom stereocenters. The largest absolute Gasteiger partial charge is 0.456 e. The lowest BCUT2D eigenvalue weighted by molar-refractivity contribution is 0.442. The zero-order valence-corrected chi connectivity index (χ0v) is 32.2. The van der Waals surface area contributed by atoms with Crippen molar-refractivity contribution in [3.05, 3.63) is 263 Å². The molecule has 0 saturated heterocycles. The van der Waals surface area contributed by atoms with Crippen LogP contribution in [-0.2, 0) is 10.8 Å². The van der Waals surface area contributed by atoms with E-state index in [4.69, 9.17) is 4.74 Å². The summed E-state index contributed by atoms with van der Waals surface area (Å²) in [7, 11) is 0. The predicted molar refractivity (Wildman–Crippen MR) is 242 cm³/mol. The maximum Gasteiger partial charge on any atom is 0.140 e. The lowest BCUT2D eigenvalue weighted by Gasteiger charge is -2.40. The van der Waals surface area contributed by atoms with Gasteiger partial charge in [0.05, 0.1) is 10.8 Å². The van der Waals surface area contributed by atoms with E-state index in [-0.39, 0.29) is 0 Å². The molecule has 10 aromatic carbocycles. The molecule has 1 unspecified atom stereocenters. The standard InChI is InChI=1S/C58H36O/c1-2-16-41(17-3-1)57(50-25-13-10-22-47(50)55-43-18-6-4-14-38(43)28-33-51(55)57)42-31-26-37(27-32-42)40-30-35-54-53(36-40)58(52-34-29-39-15-5-7-19-44(39)56(52)59-54)48-23-11-8-20-45(48)46-21-9-12-24-49(46)58/h1-36H. The van der Waals surface area contributed by atoms with Crippen molar-refractivity contribution < 1.29 is 4.74 Å². The van der Waals surface area contributed by atoms with Gasteiger partial charge in [-0.15, -0.1) is 0 Å². The van der Waals surface area contributed by atoms with Gasteiger partial charge in [0.15, 0.2) is 0 Å². The van der Waals surface area contributed by atoms with E-state index < -0.39 is 10.8 Å². The van der Waals surface area contributed by atoms with Crippen molar-refractivity contribution in [3.8, 4) is 44.9 Å². The molecular weight excluding hydrogens is 713 g/mol. The van der Waals surface area contributed by atoms with E-state index in [1.165, 1.54) is 88.5 Å². The van der Waals surface area contributed by atoms with Crippen molar-refractivity contribution in [2.24, 2.45) is 0 Å². The molecule has 0 radical (unpaired) electrons. The summed E-state index contributed by atoms with van der Waals surface area (Å²) >= 11 is 0. The molecule has 1 spiro atoms. The van der Waals surface area contributed by atoms with Gasteiger partial charge in [0.2, 0.25) is 0 Å². The molecule has 0 saturated carbocycles. The van der Waals surface area contributed by atoms with Crippen LogP contribution in [0.3, 0.4) is 0 Å². The van der Waals surface area contributed by atoms with E-state index in [0.717, 1.165) is 22.4 Å². The minimum absolute atomic E-state index is 0.479. The number of hydrogen-bond donors (Lipinski definition) is 0. The van der Waals surface area contributed by atoms with E-state index in [1.807, 2.05) is 0 Å². The van der Waals surface area contributed by atoms with Crippen LogP contribution in [0.5, 0.6) is 11.5 Å². The second-order valence-electron chi connectivity index (χ2n) is 16.3. The molecule has 1 heteroatoms. The minimum atomic E-state index is -0.548. The normalized spacial score (nSPS) is 16.1. The van der Waals surface area contributed by atoms with Gasteiger partial charge >= 0.3 is 0 Å². The number of rotatable bonds is 3. The van der Waals surface area contributed by atoms with Crippen molar-refractivity contribution in [3.63, 3.8) is 0 Å². The molecule has 0 amide bonds. The molecule has 3 aliphatic rings. The Balaban J connectivity index is 1.03. The summed E-state index contributed by atoms with van der Waals surface area (Å²) in [5.41, 5.74) is 16.6. The average Bonchev–Trinajstić information content (AvgIpc) is 3.78. The quantitative estimate of drug-likeness (QED) is 0.175. The van der Waals surface area contributed by atoms with Crippen molar-refractivity contribution in [2.75, 3.05) is 0 Å². The van der Waals surface area contributed by atoms with Crippen molar-refractivity contribution in [2.45, 2.75) is 10.8 Å². The first kappa shape index (κ1) is 32.6. The molecule has 0 N–H and O–H groups in total. The maximum absolute atomic E-state index is 7.04. The van der Waals surface area contributed by atoms with Gasteiger partial charge in [-0.25, -0.2) is 0 Å². The fourth-order valence-electron chi connectivity index (χ4n) is 11.2. The first-order valence-corrected chi connectivity index (χ1v) is 20.6. The third-order valence-electron chi connectivity index (χ3n) is 13.6.